The van der Waals surface area contributed by atoms with Crippen molar-refractivity contribution in [2.24, 2.45) is 0 Å². The second kappa shape index (κ2) is 5.02. The highest BCUT2D eigenvalue weighted by molar-refractivity contribution is 5.70. The van der Waals surface area contributed by atoms with E-state index in [2.05, 4.69) is 5.32 Å². The van der Waals surface area contributed by atoms with Crippen LogP contribution in [0.5, 0.6) is 0 Å². The van der Waals surface area contributed by atoms with E-state index in [1.54, 1.807) is 12.1 Å². The van der Waals surface area contributed by atoms with E-state index < -0.39 is 4.92 Å². The quantitative estimate of drug-likeness (QED) is 0.641. The maximum atomic E-state index is 11.1. The van der Waals surface area contributed by atoms with Crippen LogP contribution in [0.15, 0.2) is 18.2 Å². The molecule has 1 fully saturated rings. The highest BCUT2D eigenvalue weighted by Gasteiger charge is 2.28. The minimum atomic E-state index is -0.472. The lowest BCUT2D eigenvalue weighted by Crippen LogP contribution is -2.29. The number of nitrogens with zero attached hydrogens (tertiary/aromatic N) is 3. The van der Waals surface area contributed by atoms with Crippen molar-refractivity contribution in [1.82, 2.24) is 5.32 Å². The van der Waals surface area contributed by atoms with Crippen LogP contribution in [-0.2, 0) is 0 Å². The van der Waals surface area contributed by atoms with Gasteiger partial charge < -0.3 is 10.2 Å². The van der Waals surface area contributed by atoms with Gasteiger partial charge in [0.1, 0.15) is 17.3 Å². The van der Waals surface area contributed by atoms with Gasteiger partial charge in [-0.25, -0.2) is 0 Å². The van der Waals surface area contributed by atoms with E-state index in [1.807, 2.05) is 18.0 Å². The molecule has 1 aromatic rings. The number of hydrogen-bond acceptors (Lipinski definition) is 5. The first-order valence-electron chi connectivity index (χ1n) is 5.77. The summed E-state index contributed by atoms with van der Waals surface area (Å²) in [7, 11) is 1.88. The Labute approximate surface area is 105 Å². The van der Waals surface area contributed by atoms with Crippen LogP contribution in [0.4, 0.5) is 11.4 Å². The molecule has 6 heteroatoms. The average Bonchev–Trinajstić information content (AvgIpc) is 2.86. The van der Waals surface area contributed by atoms with Crippen molar-refractivity contribution >= 4 is 11.4 Å². The van der Waals surface area contributed by atoms with Crippen LogP contribution in [0.1, 0.15) is 12.0 Å². The second-order valence-electron chi connectivity index (χ2n) is 4.26. The third kappa shape index (κ3) is 2.13. The van der Waals surface area contributed by atoms with Gasteiger partial charge in [-0.2, -0.15) is 5.26 Å². The molecule has 2 rings (SSSR count). The number of benzene rings is 1. The predicted molar refractivity (Wildman–Crippen MR) is 67.5 cm³/mol. The molecule has 0 saturated carbocycles. The zero-order chi connectivity index (χ0) is 13.1. The molecule has 0 radical (unpaired) electrons. The Bertz CT molecular complexity index is 509. The van der Waals surface area contributed by atoms with Gasteiger partial charge in [-0.05, 0) is 25.6 Å². The van der Waals surface area contributed by atoms with Crippen molar-refractivity contribution in [3.05, 3.63) is 33.9 Å². The van der Waals surface area contributed by atoms with Crippen LogP contribution in [0.3, 0.4) is 0 Å². The number of nitrogens with one attached hydrogen (secondary N) is 1. The van der Waals surface area contributed by atoms with Crippen molar-refractivity contribution in [2.75, 3.05) is 25.0 Å². The summed E-state index contributed by atoms with van der Waals surface area (Å²) in [6.45, 7) is 1.49. The van der Waals surface area contributed by atoms with Crippen LogP contribution in [-0.4, -0.2) is 31.1 Å². The van der Waals surface area contributed by atoms with E-state index in [-0.39, 0.29) is 11.3 Å². The fourth-order valence-corrected chi connectivity index (χ4v) is 2.28. The Kier molecular flexibility index (Phi) is 3.44. The normalized spacial score (nSPS) is 18.7. The van der Waals surface area contributed by atoms with Crippen molar-refractivity contribution in [3.8, 4) is 6.07 Å². The minimum absolute atomic E-state index is 0.0863. The third-order valence-corrected chi connectivity index (χ3v) is 3.25. The topological polar surface area (TPSA) is 82.2 Å². The van der Waals surface area contributed by atoms with E-state index in [0.29, 0.717) is 11.7 Å². The molecule has 0 spiro atoms. The zero-order valence-corrected chi connectivity index (χ0v) is 10.1. The molecule has 0 bridgehead atoms. The monoisotopic (exact) mass is 246 g/mol. The van der Waals surface area contributed by atoms with Gasteiger partial charge >= 0.3 is 5.69 Å². The molecule has 0 aromatic heterocycles. The fourth-order valence-electron chi connectivity index (χ4n) is 2.28. The zero-order valence-electron chi connectivity index (χ0n) is 10.1. The molecule has 94 valence electrons. The summed E-state index contributed by atoms with van der Waals surface area (Å²) < 4.78 is 0. The van der Waals surface area contributed by atoms with E-state index in [4.69, 9.17) is 5.26 Å². The van der Waals surface area contributed by atoms with Gasteiger partial charge in [0.15, 0.2) is 0 Å². The molecule has 1 aromatic carbocycles. The van der Waals surface area contributed by atoms with Crippen LogP contribution < -0.4 is 10.2 Å². The molecule has 1 heterocycles. The Morgan fingerprint density at radius 1 is 1.61 bits per heavy atom. The summed E-state index contributed by atoms with van der Waals surface area (Å²) in [5.74, 6) is 0. The lowest BCUT2D eigenvalue weighted by Gasteiger charge is -2.18. The highest BCUT2D eigenvalue weighted by Crippen LogP contribution is 2.33. The number of rotatable bonds is 3. The van der Waals surface area contributed by atoms with Gasteiger partial charge in [-0.15, -0.1) is 0 Å². The molecule has 6 nitrogen and oxygen atoms in total. The van der Waals surface area contributed by atoms with Gasteiger partial charge in [0.2, 0.25) is 0 Å². The molecule has 1 aliphatic rings. The molecular formula is C12H14N4O2. The van der Waals surface area contributed by atoms with Gasteiger partial charge in [0.25, 0.3) is 0 Å². The lowest BCUT2D eigenvalue weighted by atomic mass is 10.1. The molecule has 1 saturated heterocycles. The molecule has 18 heavy (non-hydrogen) atoms. The van der Waals surface area contributed by atoms with Crippen LogP contribution >= 0.6 is 0 Å². The Balaban J connectivity index is 2.40. The number of nitriles is 1. The minimum Gasteiger partial charge on any atom is -0.364 e. The summed E-state index contributed by atoms with van der Waals surface area (Å²) in [4.78, 5) is 12.6. The van der Waals surface area contributed by atoms with Crippen molar-refractivity contribution in [1.29, 1.82) is 5.26 Å². The van der Waals surface area contributed by atoms with Gasteiger partial charge in [-0.1, -0.05) is 6.07 Å². The Morgan fingerprint density at radius 3 is 2.94 bits per heavy atom. The van der Waals surface area contributed by atoms with E-state index in [0.717, 1.165) is 19.5 Å². The first kappa shape index (κ1) is 12.3. The van der Waals surface area contributed by atoms with Crippen molar-refractivity contribution in [3.63, 3.8) is 0 Å². The van der Waals surface area contributed by atoms with Crippen LogP contribution in [0.25, 0.3) is 0 Å². The maximum Gasteiger partial charge on any atom is 0.310 e. The van der Waals surface area contributed by atoms with E-state index in [9.17, 15) is 10.1 Å². The lowest BCUT2D eigenvalue weighted by molar-refractivity contribution is -0.384. The predicted octanol–water partition coefficient (Wildman–Crippen LogP) is 1.26. The standard InChI is InChI=1S/C12H14N4O2/c1-14-10-5-6-15(8-10)11-4-2-3-9(7-13)12(11)16(17)18/h2-4,10,14H,5-6,8H2,1H3. The Hall–Kier alpha value is -2.13. The van der Waals surface area contributed by atoms with E-state index in [1.165, 1.54) is 6.07 Å². The first-order chi connectivity index (χ1) is 8.67. The van der Waals surface area contributed by atoms with Gasteiger partial charge in [0, 0.05) is 19.1 Å². The van der Waals surface area contributed by atoms with Crippen LogP contribution in [0, 0.1) is 21.4 Å². The maximum absolute atomic E-state index is 11.1. The molecule has 1 N–H and O–H groups in total. The number of anilines is 1. The molecule has 0 aliphatic carbocycles. The molecular weight excluding hydrogens is 232 g/mol. The summed E-state index contributed by atoms with van der Waals surface area (Å²) in [6, 6.07) is 7.10. The average molecular weight is 246 g/mol. The largest absolute Gasteiger partial charge is 0.364 e. The van der Waals surface area contributed by atoms with Crippen LogP contribution in [0.2, 0.25) is 0 Å². The third-order valence-electron chi connectivity index (χ3n) is 3.25. The molecule has 0 amide bonds. The molecule has 1 atom stereocenters. The SMILES string of the molecule is CNC1CCN(c2cccc(C#N)c2[N+](=O)[O-])C1. The summed E-state index contributed by atoms with van der Waals surface area (Å²) in [5, 5.41) is 23.2. The number of nitro groups is 1. The number of likely N-dealkylation sites (N-methyl/N-ethyl adjacent to an activating group) is 1. The fraction of sp³-hybridized carbons (Fsp3) is 0.417. The van der Waals surface area contributed by atoms with Crippen molar-refractivity contribution < 1.29 is 4.92 Å². The van der Waals surface area contributed by atoms with E-state index >= 15 is 0 Å². The van der Waals surface area contributed by atoms with Gasteiger partial charge in [-0.3, -0.25) is 10.1 Å². The number of para-hydroxylation sites is 1. The Morgan fingerprint density at radius 2 is 2.39 bits per heavy atom. The number of hydrogen-bond donors (Lipinski definition) is 1. The van der Waals surface area contributed by atoms with Gasteiger partial charge in [0.05, 0.1) is 4.92 Å². The summed E-state index contributed by atoms with van der Waals surface area (Å²) in [6.07, 6.45) is 0.949. The molecule has 1 unspecified atom stereocenters. The van der Waals surface area contributed by atoms with Crippen molar-refractivity contribution in [2.45, 2.75) is 12.5 Å². The number of nitro benzene ring substituents is 1. The summed E-state index contributed by atoms with van der Waals surface area (Å²) >= 11 is 0. The second-order valence-corrected chi connectivity index (χ2v) is 4.26. The summed E-state index contributed by atoms with van der Waals surface area (Å²) in [5.41, 5.74) is 0.568. The highest BCUT2D eigenvalue weighted by atomic mass is 16.6. The first-order valence-corrected chi connectivity index (χ1v) is 5.77. The smallest absolute Gasteiger partial charge is 0.310 e. The molecule has 1 aliphatic heterocycles.